The van der Waals surface area contributed by atoms with Gasteiger partial charge >= 0.3 is 5.97 Å². The van der Waals surface area contributed by atoms with Crippen LogP contribution in [0.2, 0.25) is 0 Å². The molecule has 2 unspecified atom stereocenters. The molecule has 0 spiro atoms. The van der Waals surface area contributed by atoms with Crippen molar-refractivity contribution in [3.05, 3.63) is 0 Å². The molecule has 4 nitrogen and oxygen atoms in total. The van der Waals surface area contributed by atoms with Crippen LogP contribution in [0.3, 0.4) is 0 Å². The van der Waals surface area contributed by atoms with Gasteiger partial charge in [-0.05, 0) is 60.2 Å². The van der Waals surface area contributed by atoms with Gasteiger partial charge in [0.05, 0.1) is 5.92 Å². The summed E-state index contributed by atoms with van der Waals surface area (Å²) in [4.78, 5) is 14.3. The fraction of sp³-hybridized carbons (Fsp3) is 0.941. The summed E-state index contributed by atoms with van der Waals surface area (Å²) in [5.41, 5.74) is -0.402. The minimum Gasteiger partial charge on any atom is -0.460 e. The lowest BCUT2D eigenvalue weighted by Crippen LogP contribution is -2.36. The average molecular weight is 300 g/mol. The Morgan fingerprint density at radius 1 is 1.19 bits per heavy atom. The van der Waals surface area contributed by atoms with Crippen molar-refractivity contribution in [3.8, 4) is 0 Å². The van der Waals surface area contributed by atoms with Crippen LogP contribution in [0.4, 0.5) is 0 Å². The Balaban J connectivity index is 3.86. The van der Waals surface area contributed by atoms with Gasteiger partial charge in [-0.3, -0.25) is 4.79 Å². The molecule has 0 aliphatic heterocycles. The first-order chi connectivity index (χ1) is 9.69. The van der Waals surface area contributed by atoms with Crippen molar-refractivity contribution in [2.45, 2.75) is 73.0 Å². The molecule has 1 N–H and O–H groups in total. The fourth-order valence-electron chi connectivity index (χ4n) is 2.13. The van der Waals surface area contributed by atoms with E-state index in [1.807, 2.05) is 27.7 Å². The highest BCUT2D eigenvalue weighted by atomic mass is 16.6. The van der Waals surface area contributed by atoms with Crippen molar-refractivity contribution in [1.82, 2.24) is 10.2 Å². The maximum atomic E-state index is 11.9. The zero-order valence-corrected chi connectivity index (χ0v) is 15.2. The molecule has 0 fully saturated rings. The molecule has 126 valence electrons. The molecular formula is C17H36N2O2. The standard InChI is InChI=1S/C17H36N2O2/c1-8-19(9-2)12-10-11-15(4)18-13-14(3)16(20)21-17(5,6)7/h14-15,18H,8-13H2,1-7H3. The Bertz CT molecular complexity index is 283. The van der Waals surface area contributed by atoms with Gasteiger partial charge in [0.25, 0.3) is 0 Å². The summed E-state index contributed by atoms with van der Waals surface area (Å²) >= 11 is 0. The normalized spacial score (nSPS) is 15.0. The van der Waals surface area contributed by atoms with E-state index in [2.05, 4.69) is 31.0 Å². The third kappa shape index (κ3) is 10.7. The third-order valence-electron chi connectivity index (χ3n) is 3.59. The molecule has 0 saturated carbocycles. The molecule has 0 radical (unpaired) electrons. The van der Waals surface area contributed by atoms with Crippen LogP contribution in [-0.4, -0.2) is 48.7 Å². The van der Waals surface area contributed by atoms with Crippen molar-refractivity contribution in [1.29, 1.82) is 0 Å². The van der Waals surface area contributed by atoms with Crippen LogP contribution < -0.4 is 5.32 Å². The van der Waals surface area contributed by atoms with Gasteiger partial charge in [0, 0.05) is 12.6 Å². The van der Waals surface area contributed by atoms with E-state index in [1.165, 1.54) is 6.42 Å². The van der Waals surface area contributed by atoms with Crippen LogP contribution in [0, 0.1) is 5.92 Å². The largest absolute Gasteiger partial charge is 0.460 e. The summed E-state index contributed by atoms with van der Waals surface area (Å²) in [6.45, 7) is 18.3. The van der Waals surface area contributed by atoms with Gasteiger partial charge in [0.2, 0.25) is 0 Å². The van der Waals surface area contributed by atoms with Gasteiger partial charge in [-0.15, -0.1) is 0 Å². The SMILES string of the molecule is CCN(CC)CCCC(C)NCC(C)C(=O)OC(C)(C)C. The number of hydrogen-bond acceptors (Lipinski definition) is 4. The zero-order valence-electron chi connectivity index (χ0n) is 15.2. The highest BCUT2D eigenvalue weighted by Gasteiger charge is 2.21. The summed E-state index contributed by atoms with van der Waals surface area (Å²) in [7, 11) is 0. The van der Waals surface area contributed by atoms with Crippen LogP contribution in [0.15, 0.2) is 0 Å². The maximum absolute atomic E-state index is 11.9. The van der Waals surface area contributed by atoms with E-state index in [0.29, 0.717) is 12.6 Å². The first kappa shape index (κ1) is 20.4. The molecule has 4 heteroatoms. The maximum Gasteiger partial charge on any atom is 0.310 e. The van der Waals surface area contributed by atoms with E-state index in [9.17, 15) is 4.79 Å². The molecule has 0 heterocycles. The van der Waals surface area contributed by atoms with E-state index in [0.717, 1.165) is 26.1 Å². The van der Waals surface area contributed by atoms with E-state index in [1.54, 1.807) is 0 Å². The van der Waals surface area contributed by atoms with Gasteiger partial charge in [0.1, 0.15) is 5.60 Å². The molecule has 0 amide bonds. The minimum atomic E-state index is -0.402. The number of nitrogens with one attached hydrogen (secondary N) is 1. The summed E-state index contributed by atoms with van der Waals surface area (Å²) in [6, 6.07) is 0.436. The van der Waals surface area contributed by atoms with E-state index < -0.39 is 5.60 Å². The van der Waals surface area contributed by atoms with Gasteiger partial charge in [-0.1, -0.05) is 20.8 Å². The lowest BCUT2D eigenvalue weighted by atomic mass is 10.1. The Labute approximate surface area is 131 Å². The zero-order chi connectivity index (χ0) is 16.5. The lowest BCUT2D eigenvalue weighted by Gasteiger charge is -2.24. The van der Waals surface area contributed by atoms with Gasteiger partial charge in [-0.25, -0.2) is 0 Å². The molecule has 2 atom stereocenters. The van der Waals surface area contributed by atoms with E-state index in [-0.39, 0.29) is 11.9 Å². The summed E-state index contributed by atoms with van der Waals surface area (Å²) in [5.74, 6) is -0.222. The van der Waals surface area contributed by atoms with Crippen molar-refractivity contribution >= 4 is 5.97 Å². The van der Waals surface area contributed by atoms with Crippen LogP contribution in [0.5, 0.6) is 0 Å². The molecule has 0 aromatic carbocycles. The quantitative estimate of drug-likeness (QED) is 0.630. The molecule has 0 aliphatic rings. The molecule has 0 saturated heterocycles. The average Bonchev–Trinajstić information content (AvgIpc) is 2.39. The van der Waals surface area contributed by atoms with Gasteiger partial charge in [-0.2, -0.15) is 0 Å². The molecule has 0 aromatic rings. The topological polar surface area (TPSA) is 41.6 Å². The van der Waals surface area contributed by atoms with E-state index in [4.69, 9.17) is 4.74 Å². The second-order valence-corrected chi connectivity index (χ2v) is 6.91. The molecule has 0 rings (SSSR count). The second kappa shape index (κ2) is 10.2. The summed E-state index contributed by atoms with van der Waals surface area (Å²) < 4.78 is 5.39. The molecule has 0 aromatic heterocycles. The number of carbonyl (C=O) groups excluding carboxylic acids is 1. The number of carbonyl (C=O) groups is 1. The molecular weight excluding hydrogens is 264 g/mol. The second-order valence-electron chi connectivity index (χ2n) is 6.91. The first-order valence-electron chi connectivity index (χ1n) is 8.38. The number of esters is 1. The number of nitrogens with zero attached hydrogens (tertiary/aromatic N) is 1. The Morgan fingerprint density at radius 2 is 1.76 bits per heavy atom. The van der Waals surface area contributed by atoms with Gasteiger partial charge in [0.15, 0.2) is 0 Å². The van der Waals surface area contributed by atoms with Gasteiger partial charge < -0.3 is 15.0 Å². The van der Waals surface area contributed by atoms with Crippen molar-refractivity contribution in [2.24, 2.45) is 5.92 Å². The number of ether oxygens (including phenoxy) is 1. The Kier molecular flexibility index (Phi) is 9.88. The number of hydrogen-bond donors (Lipinski definition) is 1. The Hall–Kier alpha value is -0.610. The smallest absolute Gasteiger partial charge is 0.310 e. The Morgan fingerprint density at radius 3 is 2.24 bits per heavy atom. The minimum absolute atomic E-state index is 0.102. The highest BCUT2D eigenvalue weighted by molar-refractivity contribution is 5.72. The first-order valence-corrected chi connectivity index (χ1v) is 8.38. The monoisotopic (exact) mass is 300 g/mol. The van der Waals surface area contributed by atoms with Crippen molar-refractivity contribution in [3.63, 3.8) is 0 Å². The van der Waals surface area contributed by atoms with Crippen molar-refractivity contribution < 1.29 is 9.53 Å². The summed E-state index contributed by atoms with van der Waals surface area (Å²) in [5, 5.41) is 3.44. The van der Waals surface area contributed by atoms with Crippen LogP contribution in [0.25, 0.3) is 0 Å². The predicted molar refractivity (Wildman–Crippen MR) is 89.5 cm³/mol. The van der Waals surface area contributed by atoms with Crippen LogP contribution in [-0.2, 0) is 9.53 Å². The molecule has 21 heavy (non-hydrogen) atoms. The molecule has 0 aliphatic carbocycles. The van der Waals surface area contributed by atoms with Crippen molar-refractivity contribution in [2.75, 3.05) is 26.2 Å². The lowest BCUT2D eigenvalue weighted by molar-refractivity contribution is -0.159. The van der Waals surface area contributed by atoms with Crippen LogP contribution in [0.1, 0.15) is 61.3 Å². The molecule has 0 bridgehead atoms. The summed E-state index contributed by atoms with van der Waals surface area (Å²) in [6.07, 6.45) is 2.33. The predicted octanol–water partition coefficient (Wildman–Crippen LogP) is 3.06. The van der Waals surface area contributed by atoms with Crippen LogP contribution >= 0.6 is 0 Å². The fourth-order valence-corrected chi connectivity index (χ4v) is 2.13. The van der Waals surface area contributed by atoms with E-state index >= 15 is 0 Å². The third-order valence-corrected chi connectivity index (χ3v) is 3.59. The highest BCUT2D eigenvalue weighted by Crippen LogP contribution is 2.11. The number of rotatable bonds is 10.